The topological polar surface area (TPSA) is 39.9 Å². The van der Waals surface area contributed by atoms with Crippen molar-refractivity contribution in [3.05, 3.63) is 69.5 Å². The second-order valence-electron chi connectivity index (χ2n) is 6.40. The monoisotopic (exact) mass is 431 g/mol. The lowest BCUT2D eigenvalue weighted by molar-refractivity contribution is 0.211. The van der Waals surface area contributed by atoms with Crippen LogP contribution in [0.5, 0.6) is 5.75 Å². The van der Waals surface area contributed by atoms with Gasteiger partial charge in [0, 0.05) is 17.3 Å². The first-order valence-corrected chi connectivity index (χ1v) is 10.2. The molecule has 0 aliphatic rings. The van der Waals surface area contributed by atoms with Gasteiger partial charge in [-0.15, -0.1) is 10.2 Å². The molecule has 2 aromatic carbocycles. The van der Waals surface area contributed by atoms with E-state index in [0.29, 0.717) is 0 Å². The average Bonchev–Trinajstić information content (AvgIpc) is 2.94. The van der Waals surface area contributed by atoms with Gasteiger partial charge in [-0.3, -0.25) is 0 Å². The number of hydrogen-bond acceptors (Lipinski definition) is 4. The molecule has 0 aliphatic carbocycles. The number of thioether (sulfide) groups is 1. The van der Waals surface area contributed by atoms with Gasteiger partial charge >= 0.3 is 0 Å². The number of halogens is 1. The zero-order valence-corrected chi connectivity index (χ0v) is 17.8. The first kappa shape index (κ1) is 19.0. The Labute approximate surface area is 167 Å². The van der Waals surface area contributed by atoms with Crippen LogP contribution in [0.3, 0.4) is 0 Å². The Morgan fingerprint density at radius 3 is 2.38 bits per heavy atom. The summed E-state index contributed by atoms with van der Waals surface area (Å²) in [5.41, 5.74) is 3.63. The van der Waals surface area contributed by atoms with Gasteiger partial charge in [0.15, 0.2) is 17.1 Å². The largest absolute Gasteiger partial charge is 0.483 e. The fraction of sp³-hybridized carbons (Fsp3) is 0.300. The van der Waals surface area contributed by atoms with Crippen molar-refractivity contribution >= 4 is 27.7 Å². The van der Waals surface area contributed by atoms with Crippen LogP contribution in [-0.2, 0) is 12.8 Å². The molecule has 1 aromatic heterocycles. The molecule has 0 aliphatic heterocycles. The van der Waals surface area contributed by atoms with E-state index in [1.165, 1.54) is 16.7 Å². The summed E-state index contributed by atoms with van der Waals surface area (Å²) in [6, 6.07) is 14.6. The van der Waals surface area contributed by atoms with Gasteiger partial charge in [-0.2, -0.15) is 0 Å². The number of aromatic nitrogens is 3. The lowest BCUT2D eigenvalue weighted by Gasteiger charge is -2.15. The standard InChI is InChI=1S/C20H22BrN3OS/c1-13-9-14(2)11-18(10-13)25-15(3)19-22-23-20(24(19)4)26-12-16-5-7-17(21)8-6-16/h5-11,15H,12H2,1-4H3. The van der Waals surface area contributed by atoms with Crippen molar-refractivity contribution in [3.63, 3.8) is 0 Å². The van der Waals surface area contributed by atoms with E-state index in [0.717, 1.165) is 27.0 Å². The maximum atomic E-state index is 6.09. The van der Waals surface area contributed by atoms with Gasteiger partial charge in [-0.1, -0.05) is 45.9 Å². The Kier molecular flexibility index (Phi) is 6.04. The van der Waals surface area contributed by atoms with E-state index in [-0.39, 0.29) is 6.10 Å². The highest BCUT2D eigenvalue weighted by molar-refractivity contribution is 9.10. The van der Waals surface area contributed by atoms with Crippen molar-refractivity contribution in [2.24, 2.45) is 7.05 Å². The molecule has 0 spiro atoms. The molecule has 4 nitrogen and oxygen atoms in total. The van der Waals surface area contributed by atoms with Crippen LogP contribution in [0.4, 0.5) is 0 Å². The van der Waals surface area contributed by atoms with E-state index in [1.54, 1.807) is 11.8 Å². The van der Waals surface area contributed by atoms with E-state index < -0.39 is 0 Å². The van der Waals surface area contributed by atoms with Gasteiger partial charge < -0.3 is 9.30 Å². The molecule has 1 unspecified atom stereocenters. The summed E-state index contributed by atoms with van der Waals surface area (Å²) in [5.74, 6) is 2.54. The van der Waals surface area contributed by atoms with Gasteiger partial charge in [-0.25, -0.2) is 0 Å². The fourth-order valence-corrected chi connectivity index (χ4v) is 3.93. The summed E-state index contributed by atoms with van der Waals surface area (Å²) in [5, 5.41) is 9.56. The number of ether oxygens (including phenoxy) is 1. The molecular weight excluding hydrogens is 410 g/mol. The maximum Gasteiger partial charge on any atom is 0.191 e. The van der Waals surface area contributed by atoms with Crippen molar-refractivity contribution in [2.45, 2.75) is 37.8 Å². The van der Waals surface area contributed by atoms with Gasteiger partial charge in [0.05, 0.1) is 0 Å². The number of rotatable bonds is 6. The Balaban J connectivity index is 1.68. The van der Waals surface area contributed by atoms with E-state index in [2.05, 4.69) is 70.3 Å². The van der Waals surface area contributed by atoms with Gasteiger partial charge in [-0.05, 0) is 61.7 Å². The van der Waals surface area contributed by atoms with Crippen LogP contribution >= 0.6 is 27.7 Å². The maximum absolute atomic E-state index is 6.09. The first-order chi connectivity index (χ1) is 12.4. The van der Waals surface area contributed by atoms with Gasteiger partial charge in [0.1, 0.15) is 5.75 Å². The second kappa shape index (κ2) is 8.27. The van der Waals surface area contributed by atoms with E-state index in [4.69, 9.17) is 4.74 Å². The van der Waals surface area contributed by atoms with Crippen LogP contribution in [0.15, 0.2) is 52.1 Å². The molecule has 0 bridgehead atoms. The molecule has 136 valence electrons. The molecular formula is C20H22BrN3OS. The summed E-state index contributed by atoms with van der Waals surface area (Å²) in [6.45, 7) is 6.15. The molecule has 0 N–H and O–H groups in total. The second-order valence-corrected chi connectivity index (χ2v) is 8.26. The lowest BCUT2D eigenvalue weighted by atomic mass is 10.1. The summed E-state index contributed by atoms with van der Waals surface area (Å²) in [6.07, 6.45) is -0.171. The highest BCUT2D eigenvalue weighted by Crippen LogP contribution is 2.27. The van der Waals surface area contributed by atoms with Crippen molar-refractivity contribution in [2.75, 3.05) is 0 Å². The molecule has 26 heavy (non-hydrogen) atoms. The third kappa shape index (κ3) is 4.68. The summed E-state index contributed by atoms with van der Waals surface area (Å²) >= 11 is 5.14. The van der Waals surface area contributed by atoms with Crippen molar-refractivity contribution in [1.82, 2.24) is 14.8 Å². The summed E-state index contributed by atoms with van der Waals surface area (Å²) < 4.78 is 9.19. The number of hydrogen-bond donors (Lipinski definition) is 0. The zero-order chi connectivity index (χ0) is 18.7. The Hall–Kier alpha value is -1.79. The van der Waals surface area contributed by atoms with Gasteiger partial charge in [0.25, 0.3) is 0 Å². The molecule has 3 rings (SSSR count). The van der Waals surface area contributed by atoms with Crippen LogP contribution in [0, 0.1) is 13.8 Å². The third-order valence-electron chi connectivity index (χ3n) is 4.02. The first-order valence-electron chi connectivity index (χ1n) is 8.44. The number of benzene rings is 2. The van der Waals surface area contributed by atoms with Gasteiger partial charge in [0.2, 0.25) is 0 Å². The minimum atomic E-state index is -0.171. The van der Waals surface area contributed by atoms with Crippen molar-refractivity contribution in [3.8, 4) is 5.75 Å². The average molecular weight is 432 g/mol. The molecule has 0 saturated heterocycles. The Bertz CT molecular complexity index is 872. The highest BCUT2D eigenvalue weighted by atomic mass is 79.9. The van der Waals surface area contributed by atoms with E-state index in [1.807, 2.05) is 30.7 Å². The lowest BCUT2D eigenvalue weighted by Crippen LogP contribution is -2.10. The summed E-state index contributed by atoms with van der Waals surface area (Å²) in [4.78, 5) is 0. The zero-order valence-electron chi connectivity index (χ0n) is 15.4. The van der Waals surface area contributed by atoms with Crippen LogP contribution < -0.4 is 4.74 Å². The van der Waals surface area contributed by atoms with E-state index in [9.17, 15) is 0 Å². The molecule has 0 fully saturated rings. The normalized spacial score (nSPS) is 12.2. The molecule has 0 radical (unpaired) electrons. The predicted octanol–water partition coefficient (Wildman–Crippen LogP) is 5.63. The van der Waals surface area contributed by atoms with Crippen LogP contribution in [0.1, 0.15) is 35.5 Å². The van der Waals surface area contributed by atoms with Crippen LogP contribution in [0.2, 0.25) is 0 Å². The fourth-order valence-electron chi connectivity index (χ4n) is 2.79. The molecule has 1 atom stereocenters. The molecule has 6 heteroatoms. The van der Waals surface area contributed by atoms with Crippen molar-refractivity contribution < 1.29 is 4.74 Å². The number of aryl methyl sites for hydroxylation is 2. The van der Waals surface area contributed by atoms with E-state index >= 15 is 0 Å². The smallest absolute Gasteiger partial charge is 0.191 e. The van der Waals surface area contributed by atoms with Crippen LogP contribution in [-0.4, -0.2) is 14.8 Å². The summed E-state index contributed by atoms with van der Waals surface area (Å²) in [7, 11) is 1.99. The highest BCUT2D eigenvalue weighted by Gasteiger charge is 2.17. The minimum absolute atomic E-state index is 0.171. The quantitative estimate of drug-likeness (QED) is 0.474. The third-order valence-corrected chi connectivity index (χ3v) is 5.64. The SMILES string of the molecule is Cc1cc(C)cc(OC(C)c2nnc(SCc3ccc(Br)cc3)n2C)c1. The molecule has 0 amide bonds. The molecule has 3 aromatic rings. The number of nitrogens with zero attached hydrogens (tertiary/aromatic N) is 3. The Morgan fingerprint density at radius 2 is 1.73 bits per heavy atom. The molecule has 1 heterocycles. The Morgan fingerprint density at radius 1 is 1.08 bits per heavy atom. The predicted molar refractivity (Wildman–Crippen MR) is 110 cm³/mol. The van der Waals surface area contributed by atoms with Crippen molar-refractivity contribution in [1.29, 1.82) is 0 Å². The minimum Gasteiger partial charge on any atom is -0.483 e. The van der Waals surface area contributed by atoms with Crippen LogP contribution in [0.25, 0.3) is 0 Å². The molecule has 0 saturated carbocycles.